The fourth-order valence-corrected chi connectivity index (χ4v) is 5.50. The van der Waals surface area contributed by atoms with E-state index in [1.165, 1.54) is 22.5 Å². The zero-order chi connectivity index (χ0) is 19.4. The summed E-state index contributed by atoms with van der Waals surface area (Å²) in [5.41, 5.74) is 0.716. The second kappa shape index (κ2) is 8.22. The second-order valence-corrected chi connectivity index (χ2v) is 9.02. The van der Waals surface area contributed by atoms with E-state index in [4.69, 9.17) is 9.47 Å². The van der Waals surface area contributed by atoms with E-state index in [2.05, 4.69) is 0 Å². The van der Waals surface area contributed by atoms with Crippen molar-refractivity contribution in [3.8, 4) is 5.75 Å². The molecule has 0 atom stereocenters. The zero-order valence-corrected chi connectivity index (χ0v) is 16.3. The molecule has 144 valence electrons. The molecule has 0 saturated carbocycles. The summed E-state index contributed by atoms with van der Waals surface area (Å²) < 4.78 is 37.2. The standard InChI is InChI=1S/C18H19NO6S2/c1-24-14-4-2-13(3-5-14)12-15(18(20)21)16-6-7-17(26-16)27(22,23)19-8-10-25-11-9-19/h2-7,12H,8-11H2,1H3,(H,20,21)/b15-12-. The van der Waals surface area contributed by atoms with Crippen molar-refractivity contribution in [1.82, 2.24) is 4.31 Å². The van der Waals surface area contributed by atoms with Crippen LogP contribution in [-0.2, 0) is 19.6 Å². The Morgan fingerprint density at radius 1 is 1.19 bits per heavy atom. The molecule has 1 aromatic heterocycles. The number of thiophene rings is 1. The molecule has 1 aromatic carbocycles. The molecular weight excluding hydrogens is 390 g/mol. The van der Waals surface area contributed by atoms with Crippen LogP contribution in [0.15, 0.2) is 40.6 Å². The number of aliphatic carboxylic acids is 1. The van der Waals surface area contributed by atoms with Crippen molar-refractivity contribution in [2.24, 2.45) is 0 Å². The number of carboxylic acids is 1. The summed E-state index contributed by atoms with van der Waals surface area (Å²) >= 11 is 0.953. The first-order valence-corrected chi connectivity index (χ1v) is 10.4. The summed E-state index contributed by atoms with van der Waals surface area (Å²) in [6.45, 7) is 1.30. The molecule has 3 rings (SSSR count). The van der Waals surface area contributed by atoms with E-state index in [9.17, 15) is 18.3 Å². The second-order valence-electron chi connectivity index (χ2n) is 5.77. The number of benzene rings is 1. The molecule has 0 spiro atoms. The van der Waals surface area contributed by atoms with Gasteiger partial charge in [0.2, 0.25) is 0 Å². The highest BCUT2D eigenvalue weighted by molar-refractivity contribution is 7.91. The number of rotatable bonds is 6. The van der Waals surface area contributed by atoms with Gasteiger partial charge in [0, 0.05) is 18.0 Å². The van der Waals surface area contributed by atoms with Gasteiger partial charge in [0.25, 0.3) is 10.0 Å². The minimum atomic E-state index is -3.65. The van der Waals surface area contributed by atoms with Crippen LogP contribution < -0.4 is 4.74 Å². The highest BCUT2D eigenvalue weighted by Crippen LogP contribution is 2.31. The van der Waals surface area contributed by atoms with Gasteiger partial charge in [-0.05, 0) is 35.9 Å². The van der Waals surface area contributed by atoms with Crippen molar-refractivity contribution in [2.75, 3.05) is 33.4 Å². The summed E-state index contributed by atoms with van der Waals surface area (Å²) in [4.78, 5) is 12.1. The van der Waals surface area contributed by atoms with Crippen LogP contribution in [0.2, 0.25) is 0 Å². The van der Waals surface area contributed by atoms with Crippen molar-refractivity contribution < 1.29 is 27.8 Å². The van der Waals surface area contributed by atoms with Crippen LogP contribution in [0.1, 0.15) is 10.4 Å². The molecule has 2 aromatic rings. The zero-order valence-electron chi connectivity index (χ0n) is 14.6. The lowest BCUT2D eigenvalue weighted by Crippen LogP contribution is -2.40. The lowest BCUT2D eigenvalue weighted by Gasteiger charge is -2.25. The molecule has 1 N–H and O–H groups in total. The lowest BCUT2D eigenvalue weighted by atomic mass is 10.1. The molecule has 27 heavy (non-hydrogen) atoms. The summed E-state index contributed by atoms with van der Waals surface area (Å²) in [6, 6.07) is 9.92. The van der Waals surface area contributed by atoms with Crippen molar-refractivity contribution in [1.29, 1.82) is 0 Å². The average Bonchev–Trinajstić information content (AvgIpc) is 3.17. The van der Waals surface area contributed by atoms with Crippen LogP contribution in [0.4, 0.5) is 0 Å². The molecule has 1 aliphatic rings. The van der Waals surface area contributed by atoms with Crippen molar-refractivity contribution in [3.63, 3.8) is 0 Å². The molecule has 0 aliphatic carbocycles. The summed E-state index contributed by atoms with van der Waals surface area (Å²) in [5.74, 6) is -0.456. The predicted molar refractivity (Wildman–Crippen MR) is 102 cm³/mol. The Morgan fingerprint density at radius 2 is 1.85 bits per heavy atom. The van der Waals surface area contributed by atoms with Crippen LogP contribution >= 0.6 is 11.3 Å². The maximum Gasteiger partial charge on any atom is 0.337 e. The molecule has 1 aliphatic heterocycles. The van der Waals surface area contributed by atoms with Crippen LogP contribution in [0, 0.1) is 0 Å². The molecule has 9 heteroatoms. The van der Waals surface area contributed by atoms with Gasteiger partial charge in [-0.3, -0.25) is 0 Å². The Hall–Kier alpha value is -2.20. The summed E-state index contributed by atoms with van der Waals surface area (Å²) in [5, 5.41) is 9.59. The first-order chi connectivity index (χ1) is 12.9. The highest BCUT2D eigenvalue weighted by atomic mass is 32.2. The topological polar surface area (TPSA) is 93.1 Å². The van der Waals surface area contributed by atoms with Gasteiger partial charge in [0.15, 0.2) is 0 Å². The Kier molecular flexibility index (Phi) is 5.95. The molecule has 7 nitrogen and oxygen atoms in total. The third-order valence-electron chi connectivity index (χ3n) is 4.07. The van der Waals surface area contributed by atoms with Gasteiger partial charge in [-0.15, -0.1) is 11.3 Å². The number of methoxy groups -OCH3 is 1. The van der Waals surface area contributed by atoms with E-state index in [0.717, 1.165) is 11.3 Å². The number of nitrogens with zero attached hydrogens (tertiary/aromatic N) is 1. The number of sulfonamides is 1. The number of hydrogen-bond acceptors (Lipinski definition) is 6. The Balaban J connectivity index is 1.91. The van der Waals surface area contributed by atoms with E-state index in [0.29, 0.717) is 42.5 Å². The van der Waals surface area contributed by atoms with Crippen molar-refractivity contribution in [3.05, 3.63) is 46.8 Å². The minimum absolute atomic E-state index is 0.0357. The number of carbonyl (C=O) groups is 1. The quantitative estimate of drug-likeness (QED) is 0.737. The fraction of sp³-hybridized carbons (Fsp3) is 0.278. The van der Waals surface area contributed by atoms with E-state index >= 15 is 0 Å². The number of hydrogen-bond donors (Lipinski definition) is 1. The van der Waals surface area contributed by atoms with Crippen LogP contribution in [0.5, 0.6) is 5.75 Å². The first-order valence-electron chi connectivity index (χ1n) is 8.19. The Bertz CT molecular complexity index is 940. The maximum atomic E-state index is 12.7. The van der Waals surface area contributed by atoms with Crippen LogP contribution in [0.25, 0.3) is 11.6 Å². The van der Waals surface area contributed by atoms with Gasteiger partial charge in [-0.25, -0.2) is 13.2 Å². The number of ether oxygens (including phenoxy) is 2. The normalized spacial score (nSPS) is 16.3. The molecule has 0 bridgehead atoms. The summed E-state index contributed by atoms with van der Waals surface area (Å²) in [6.07, 6.45) is 1.51. The van der Waals surface area contributed by atoms with Gasteiger partial charge in [-0.1, -0.05) is 12.1 Å². The van der Waals surface area contributed by atoms with Crippen molar-refractivity contribution >= 4 is 39.0 Å². The van der Waals surface area contributed by atoms with Gasteiger partial charge in [0.05, 0.1) is 25.9 Å². The fourth-order valence-electron chi connectivity index (χ4n) is 2.62. The molecular formula is C18H19NO6S2. The molecule has 2 heterocycles. The lowest BCUT2D eigenvalue weighted by molar-refractivity contribution is -0.130. The van der Waals surface area contributed by atoms with Crippen molar-refractivity contribution in [2.45, 2.75) is 4.21 Å². The monoisotopic (exact) mass is 409 g/mol. The molecule has 1 fully saturated rings. The van der Waals surface area contributed by atoms with Gasteiger partial charge >= 0.3 is 5.97 Å². The molecule has 0 amide bonds. The van der Waals surface area contributed by atoms with Gasteiger partial charge in [0.1, 0.15) is 9.96 Å². The average molecular weight is 409 g/mol. The van der Waals surface area contributed by atoms with E-state index in [1.807, 2.05) is 0 Å². The SMILES string of the molecule is COc1ccc(/C=C(\C(=O)O)c2ccc(S(=O)(=O)N3CCOCC3)s2)cc1. The predicted octanol–water partition coefficient (Wildman–Crippen LogP) is 2.40. The Labute approximate surface area is 161 Å². The molecule has 1 saturated heterocycles. The maximum absolute atomic E-state index is 12.7. The van der Waals surface area contributed by atoms with E-state index < -0.39 is 16.0 Å². The first kappa shape index (κ1) is 19.6. The highest BCUT2D eigenvalue weighted by Gasteiger charge is 2.28. The third kappa shape index (κ3) is 4.38. The minimum Gasteiger partial charge on any atom is -0.497 e. The molecule has 0 unspecified atom stereocenters. The summed E-state index contributed by atoms with van der Waals surface area (Å²) in [7, 11) is -2.10. The number of morpholine rings is 1. The van der Waals surface area contributed by atoms with Gasteiger partial charge < -0.3 is 14.6 Å². The molecule has 0 radical (unpaired) electrons. The Morgan fingerprint density at radius 3 is 2.44 bits per heavy atom. The largest absolute Gasteiger partial charge is 0.497 e. The third-order valence-corrected chi connectivity index (χ3v) is 7.55. The number of carboxylic acid groups (broad SMARTS) is 1. The van der Waals surface area contributed by atoms with E-state index in [1.54, 1.807) is 31.4 Å². The van der Waals surface area contributed by atoms with Crippen LogP contribution in [0.3, 0.4) is 0 Å². The van der Waals surface area contributed by atoms with E-state index in [-0.39, 0.29) is 9.78 Å². The smallest absolute Gasteiger partial charge is 0.337 e. The van der Waals surface area contributed by atoms with Gasteiger partial charge in [-0.2, -0.15) is 4.31 Å². The van der Waals surface area contributed by atoms with Crippen LogP contribution in [-0.4, -0.2) is 57.2 Å².